The molecule has 2 aromatic rings. The number of hydrogen-bond acceptors (Lipinski definition) is 4. The molecule has 0 aromatic carbocycles. The number of aromatic nitrogens is 4. The Kier molecular flexibility index (Phi) is 2.80. The smallest absolute Gasteiger partial charge is 0.223 e. The Morgan fingerprint density at radius 2 is 2.06 bits per heavy atom. The number of halogens is 1. The summed E-state index contributed by atoms with van der Waals surface area (Å²) in [5, 5.41) is 7.21. The molecule has 0 radical (unpaired) electrons. The average Bonchev–Trinajstić information content (AvgIpc) is 2.57. The maximum atomic E-state index is 12.6. The fourth-order valence-corrected chi connectivity index (χ4v) is 1.40. The maximum absolute atomic E-state index is 12.6. The second-order valence-electron chi connectivity index (χ2n) is 3.49. The first-order chi connectivity index (χ1) is 7.65. The molecule has 16 heavy (non-hydrogen) atoms. The highest BCUT2D eigenvalue weighted by Crippen LogP contribution is 2.07. The Bertz CT molecular complexity index is 476. The third kappa shape index (κ3) is 2.33. The van der Waals surface area contributed by atoms with Gasteiger partial charge in [0.25, 0.3) is 0 Å². The van der Waals surface area contributed by atoms with E-state index in [4.69, 9.17) is 0 Å². The summed E-state index contributed by atoms with van der Waals surface area (Å²) in [5.41, 5.74) is 2.02. The van der Waals surface area contributed by atoms with E-state index < -0.39 is 5.82 Å². The Morgan fingerprint density at radius 1 is 1.38 bits per heavy atom. The quantitative estimate of drug-likeness (QED) is 0.848. The van der Waals surface area contributed by atoms with E-state index >= 15 is 0 Å². The van der Waals surface area contributed by atoms with Crippen LogP contribution in [0.1, 0.15) is 11.3 Å². The lowest BCUT2D eigenvalue weighted by Crippen LogP contribution is -2.03. The van der Waals surface area contributed by atoms with Crippen LogP contribution in [-0.4, -0.2) is 19.7 Å². The van der Waals surface area contributed by atoms with Crippen molar-refractivity contribution in [3.8, 4) is 0 Å². The minimum atomic E-state index is -0.442. The zero-order chi connectivity index (χ0) is 11.5. The van der Waals surface area contributed by atoms with Crippen LogP contribution in [0.3, 0.4) is 0 Å². The molecule has 2 aromatic heterocycles. The second kappa shape index (κ2) is 4.26. The molecule has 0 aliphatic heterocycles. The van der Waals surface area contributed by atoms with Crippen molar-refractivity contribution in [1.82, 2.24) is 19.7 Å². The van der Waals surface area contributed by atoms with Gasteiger partial charge in [0.15, 0.2) is 5.82 Å². The van der Waals surface area contributed by atoms with Gasteiger partial charge in [-0.05, 0) is 6.92 Å². The highest BCUT2D eigenvalue weighted by molar-refractivity contribution is 5.27. The minimum absolute atomic E-state index is 0.407. The molecule has 0 bridgehead atoms. The van der Waals surface area contributed by atoms with Crippen molar-refractivity contribution >= 4 is 5.95 Å². The van der Waals surface area contributed by atoms with Gasteiger partial charge in [-0.2, -0.15) is 5.10 Å². The normalized spacial score (nSPS) is 10.4. The van der Waals surface area contributed by atoms with Crippen LogP contribution in [0.25, 0.3) is 0 Å². The third-order valence-electron chi connectivity index (χ3n) is 2.17. The molecular weight excluding hydrogens is 209 g/mol. The number of hydrogen-bond donors (Lipinski definition) is 1. The molecule has 0 saturated heterocycles. The van der Waals surface area contributed by atoms with Gasteiger partial charge >= 0.3 is 0 Å². The predicted molar refractivity (Wildman–Crippen MR) is 57.3 cm³/mol. The largest absolute Gasteiger partial charge is 0.350 e. The third-order valence-corrected chi connectivity index (χ3v) is 2.17. The SMILES string of the molecule is Cc1nn(C)cc1CNc1ncc(F)cn1. The molecule has 0 spiro atoms. The van der Waals surface area contributed by atoms with Crippen LogP contribution in [0.2, 0.25) is 0 Å². The van der Waals surface area contributed by atoms with Gasteiger partial charge in [0, 0.05) is 25.4 Å². The molecule has 2 rings (SSSR count). The molecule has 6 heteroatoms. The van der Waals surface area contributed by atoms with Crippen LogP contribution in [0.4, 0.5) is 10.3 Å². The lowest BCUT2D eigenvalue weighted by atomic mass is 10.3. The van der Waals surface area contributed by atoms with Gasteiger partial charge in [-0.15, -0.1) is 0 Å². The van der Waals surface area contributed by atoms with E-state index in [1.54, 1.807) is 4.68 Å². The van der Waals surface area contributed by atoms with E-state index in [1.165, 1.54) is 0 Å². The molecule has 0 fully saturated rings. The summed E-state index contributed by atoms with van der Waals surface area (Å²) in [4.78, 5) is 7.61. The van der Waals surface area contributed by atoms with Gasteiger partial charge in [0.1, 0.15) is 0 Å². The monoisotopic (exact) mass is 221 g/mol. The summed E-state index contributed by atoms with van der Waals surface area (Å²) in [6.07, 6.45) is 4.18. The Labute approximate surface area is 92.3 Å². The average molecular weight is 221 g/mol. The maximum Gasteiger partial charge on any atom is 0.223 e. The number of nitrogens with one attached hydrogen (secondary N) is 1. The van der Waals surface area contributed by atoms with E-state index in [9.17, 15) is 4.39 Å². The molecule has 0 aliphatic carbocycles. The highest BCUT2D eigenvalue weighted by atomic mass is 19.1. The van der Waals surface area contributed by atoms with E-state index in [-0.39, 0.29) is 0 Å². The summed E-state index contributed by atoms with van der Waals surface area (Å²) < 4.78 is 14.3. The van der Waals surface area contributed by atoms with Crippen LogP contribution in [0, 0.1) is 12.7 Å². The lowest BCUT2D eigenvalue weighted by molar-refractivity contribution is 0.614. The number of nitrogens with zero attached hydrogens (tertiary/aromatic N) is 4. The zero-order valence-corrected chi connectivity index (χ0v) is 9.11. The molecule has 2 heterocycles. The van der Waals surface area contributed by atoms with Crippen LogP contribution in [0.15, 0.2) is 18.6 Å². The predicted octanol–water partition coefficient (Wildman–Crippen LogP) is 1.27. The summed E-state index contributed by atoms with van der Waals surface area (Å²) in [6.45, 7) is 2.51. The molecule has 0 unspecified atom stereocenters. The molecule has 0 aliphatic rings. The summed E-state index contributed by atoms with van der Waals surface area (Å²) in [7, 11) is 1.87. The van der Waals surface area contributed by atoms with Crippen LogP contribution >= 0.6 is 0 Å². The van der Waals surface area contributed by atoms with Crippen molar-refractivity contribution in [1.29, 1.82) is 0 Å². The number of anilines is 1. The molecule has 0 saturated carbocycles. The van der Waals surface area contributed by atoms with E-state index in [0.717, 1.165) is 23.7 Å². The summed E-state index contributed by atoms with van der Waals surface area (Å²) in [5.74, 6) is -0.0345. The molecule has 84 valence electrons. The van der Waals surface area contributed by atoms with Crippen molar-refractivity contribution in [2.24, 2.45) is 7.05 Å². The number of aryl methyl sites for hydroxylation is 2. The fraction of sp³-hybridized carbons (Fsp3) is 0.300. The fourth-order valence-electron chi connectivity index (χ4n) is 1.40. The van der Waals surface area contributed by atoms with Crippen molar-refractivity contribution in [3.05, 3.63) is 35.7 Å². The Balaban J connectivity index is 2.02. The zero-order valence-electron chi connectivity index (χ0n) is 9.11. The molecule has 0 atom stereocenters. The van der Waals surface area contributed by atoms with Crippen molar-refractivity contribution in [2.75, 3.05) is 5.32 Å². The van der Waals surface area contributed by atoms with Crippen molar-refractivity contribution in [3.63, 3.8) is 0 Å². The van der Waals surface area contributed by atoms with Crippen LogP contribution in [-0.2, 0) is 13.6 Å². The van der Waals surface area contributed by atoms with Gasteiger partial charge in [-0.1, -0.05) is 0 Å². The van der Waals surface area contributed by atoms with E-state index in [2.05, 4.69) is 20.4 Å². The second-order valence-corrected chi connectivity index (χ2v) is 3.49. The Hall–Kier alpha value is -1.98. The van der Waals surface area contributed by atoms with E-state index in [0.29, 0.717) is 12.5 Å². The van der Waals surface area contributed by atoms with Gasteiger partial charge in [0.05, 0.1) is 18.1 Å². The molecule has 0 amide bonds. The Morgan fingerprint density at radius 3 is 2.62 bits per heavy atom. The molecular formula is C10H12FN5. The standard InChI is InChI=1S/C10H12FN5/c1-7-8(6-16(2)15-7)3-12-10-13-4-9(11)5-14-10/h4-6H,3H2,1-2H3,(H,12,13,14). The first kappa shape index (κ1) is 10.5. The van der Waals surface area contributed by atoms with Gasteiger partial charge in [-0.25, -0.2) is 14.4 Å². The summed E-state index contributed by atoms with van der Waals surface area (Å²) in [6, 6.07) is 0. The van der Waals surface area contributed by atoms with E-state index in [1.807, 2.05) is 20.2 Å². The van der Waals surface area contributed by atoms with Crippen molar-refractivity contribution in [2.45, 2.75) is 13.5 Å². The lowest BCUT2D eigenvalue weighted by Gasteiger charge is -2.02. The topological polar surface area (TPSA) is 55.6 Å². The number of rotatable bonds is 3. The van der Waals surface area contributed by atoms with Crippen LogP contribution in [0.5, 0.6) is 0 Å². The van der Waals surface area contributed by atoms with Crippen molar-refractivity contribution < 1.29 is 4.39 Å². The first-order valence-electron chi connectivity index (χ1n) is 4.85. The molecule has 5 nitrogen and oxygen atoms in total. The van der Waals surface area contributed by atoms with Gasteiger partial charge in [-0.3, -0.25) is 4.68 Å². The van der Waals surface area contributed by atoms with Crippen LogP contribution < -0.4 is 5.32 Å². The van der Waals surface area contributed by atoms with Gasteiger partial charge in [0.2, 0.25) is 5.95 Å². The highest BCUT2D eigenvalue weighted by Gasteiger charge is 2.03. The first-order valence-corrected chi connectivity index (χ1v) is 4.85. The summed E-state index contributed by atoms with van der Waals surface area (Å²) >= 11 is 0. The van der Waals surface area contributed by atoms with Gasteiger partial charge < -0.3 is 5.32 Å². The molecule has 1 N–H and O–H groups in total. The minimum Gasteiger partial charge on any atom is -0.350 e.